The van der Waals surface area contributed by atoms with E-state index < -0.39 is 29.5 Å². The van der Waals surface area contributed by atoms with E-state index in [4.69, 9.17) is 0 Å². The molecule has 1 N–H and O–H groups in total. The Kier molecular flexibility index (Phi) is 3.52. The number of hydrogen-bond acceptors (Lipinski definition) is 2. The van der Waals surface area contributed by atoms with Crippen molar-refractivity contribution in [2.24, 2.45) is 0 Å². The molecule has 0 aliphatic rings. The molecule has 2 rings (SSSR count). The Morgan fingerprint density at radius 3 is 2.20 bits per heavy atom. The third-order valence-corrected chi connectivity index (χ3v) is 2.43. The predicted octanol–water partition coefficient (Wildman–Crippen LogP) is 4.24. The van der Waals surface area contributed by atoms with Crippen molar-refractivity contribution in [3.8, 4) is 22.6 Å². The smallest absolute Gasteiger partial charge is 0.504 e. The zero-order valence-electron chi connectivity index (χ0n) is 9.71. The van der Waals surface area contributed by atoms with Gasteiger partial charge in [-0.2, -0.15) is 0 Å². The summed E-state index contributed by atoms with van der Waals surface area (Å²) in [7, 11) is 0. The minimum absolute atomic E-state index is 0.0553. The lowest BCUT2D eigenvalue weighted by Gasteiger charge is -2.11. The van der Waals surface area contributed by atoms with Crippen LogP contribution in [0.4, 0.5) is 22.0 Å². The van der Waals surface area contributed by atoms with Crippen molar-refractivity contribution in [2.75, 3.05) is 0 Å². The highest BCUT2D eigenvalue weighted by molar-refractivity contribution is 5.67. The van der Waals surface area contributed by atoms with E-state index in [1.165, 1.54) is 0 Å². The Labute approximate surface area is 110 Å². The van der Waals surface area contributed by atoms with Crippen molar-refractivity contribution < 1.29 is 31.8 Å². The van der Waals surface area contributed by atoms with E-state index in [1.807, 2.05) is 0 Å². The summed E-state index contributed by atoms with van der Waals surface area (Å²) in [5.41, 5.74) is 0.0368. The van der Waals surface area contributed by atoms with Gasteiger partial charge in [-0.15, -0.1) is 13.2 Å². The first-order valence-corrected chi connectivity index (χ1v) is 5.30. The van der Waals surface area contributed by atoms with Gasteiger partial charge < -0.3 is 9.84 Å². The largest absolute Gasteiger partial charge is 0.573 e. The first-order chi connectivity index (χ1) is 9.26. The highest BCUT2D eigenvalue weighted by Crippen LogP contribution is 2.35. The van der Waals surface area contributed by atoms with Crippen LogP contribution in [0.3, 0.4) is 0 Å². The van der Waals surface area contributed by atoms with Gasteiger partial charge in [0, 0.05) is 11.6 Å². The number of aromatic hydroxyl groups is 1. The number of alkyl halides is 3. The molecule has 0 radical (unpaired) electrons. The standard InChI is InChI=1S/C13H7F5O2/c14-8-2-3-9(10(15)6-8)7-1-4-12(11(19)5-7)20-13(16,17)18/h1-6,19H. The van der Waals surface area contributed by atoms with Crippen LogP contribution in [0.2, 0.25) is 0 Å². The lowest BCUT2D eigenvalue weighted by molar-refractivity contribution is -0.275. The predicted molar refractivity (Wildman–Crippen MR) is 60.1 cm³/mol. The van der Waals surface area contributed by atoms with Gasteiger partial charge in [0.1, 0.15) is 11.6 Å². The molecule has 0 aliphatic heterocycles. The zero-order chi connectivity index (χ0) is 14.9. The molecule has 0 saturated carbocycles. The van der Waals surface area contributed by atoms with Crippen molar-refractivity contribution in [3.63, 3.8) is 0 Å². The van der Waals surface area contributed by atoms with Crippen LogP contribution in [0.25, 0.3) is 11.1 Å². The maximum atomic E-state index is 13.5. The third-order valence-electron chi connectivity index (χ3n) is 2.43. The summed E-state index contributed by atoms with van der Waals surface area (Å²) < 4.78 is 65.9. The van der Waals surface area contributed by atoms with Crippen LogP contribution in [-0.2, 0) is 0 Å². The van der Waals surface area contributed by atoms with Gasteiger partial charge in [0.25, 0.3) is 0 Å². The molecule has 0 saturated heterocycles. The van der Waals surface area contributed by atoms with Crippen molar-refractivity contribution in [3.05, 3.63) is 48.0 Å². The van der Waals surface area contributed by atoms with Crippen LogP contribution in [-0.4, -0.2) is 11.5 Å². The Balaban J connectivity index is 2.38. The number of benzene rings is 2. The summed E-state index contributed by atoms with van der Waals surface area (Å²) >= 11 is 0. The van der Waals surface area contributed by atoms with Crippen LogP contribution >= 0.6 is 0 Å². The highest BCUT2D eigenvalue weighted by Gasteiger charge is 2.32. The van der Waals surface area contributed by atoms with Gasteiger partial charge in [0.2, 0.25) is 0 Å². The van der Waals surface area contributed by atoms with E-state index in [1.54, 1.807) is 0 Å². The van der Waals surface area contributed by atoms with Crippen molar-refractivity contribution in [1.29, 1.82) is 0 Å². The Bertz CT molecular complexity index is 637. The fourth-order valence-electron chi connectivity index (χ4n) is 1.62. The van der Waals surface area contributed by atoms with E-state index in [2.05, 4.69) is 4.74 Å². The molecule has 0 aliphatic carbocycles. The number of phenolic OH excluding ortho intramolecular Hbond substituents is 1. The van der Waals surface area contributed by atoms with Crippen LogP contribution in [0.5, 0.6) is 11.5 Å². The summed E-state index contributed by atoms with van der Waals surface area (Å²) in [6, 6.07) is 5.61. The van der Waals surface area contributed by atoms with Gasteiger partial charge in [0.15, 0.2) is 11.5 Å². The van der Waals surface area contributed by atoms with E-state index in [9.17, 15) is 27.1 Å². The van der Waals surface area contributed by atoms with Crippen LogP contribution in [0, 0.1) is 11.6 Å². The molecule has 0 heterocycles. The van der Waals surface area contributed by atoms with Gasteiger partial charge in [-0.3, -0.25) is 0 Å². The maximum absolute atomic E-state index is 13.5. The maximum Gasteiger partial charge on any atom is 0.573 e. The molecule has 20 heavy (non-hydrogen) atoms. The highest BCUT2D eigenvalue weighted by atomic mass is 19.4. The summed E-state index contributed by atoms with van der Waals surface area (Å²) in [4.78, 5) is 0. The summed E-state index contributed by atoms with van der Waals surface area (Å²) in [6.07, 6.45) is -4.94. The monoisotopic (exact) mass is 290 g/mol. The van der Waals surface area contributed by atoms with E-state index >= 15 is 0 Å². The average Bonchev–Trinajstić information content (AvgIpc) is 2.30. The third kappa shape index (κ3) is 3.17. The number of rotatable bonds is 2. The van der Waals surface area contributed by atoms with Gasteiger partial charge in [0.05, 0.1) is 0 Å². The quantitative estimate of drug-likeness (QED) is 0.838. The number of ether oxygens (including phenoxy) is 1. The zero-order valence-corrected chi connectivity index (χ0v) is 9.71. The normalized spacial score (nSPS) is 11.4. The van der Waals surface area contributed by atoms with Crippen molar-refractivity contribution >= 4 is 0 Å². The van der Waals surface area contributed by atoms with Gasteiger partial charge in [-0.05, 0) is 29.8 Å². The Morgan fingerprint density at radius 2 is 1.65 bits per heavy atom. The van der Waals surface area contributed by atoms with Crippen molar-refractivity contribution in [1.82, 2.24) is 0 Å². The lowest BCUT2D eigenvalue weighted by Crippen LogP contribution is -2.17. The fraction of sp³-hybridized carbons (Fsp3) is 0.0769. The van der Waals surface area contributed by atoms with E-state index in [-0.39, 0.29) is 11.1 Å². The fourth-order valence-corrected chi connectivity index (χ4v) is 1.62. The molecular weight excluding hydrogens is 283 g/mol. The number of hydrogen-bond donors (Lipinski definition) is 1. The molecule has 0 bridgehead atoms. The average molecular weight is 290 g/mol. The molecule has 0 unspecified atom stereocenters. The van der Waals surface area contributed by atoms with Gasteiger partial charge in [-0.1, -0.05) is 6.07 Å². The van der Waals surface area contributed by atoms with Gasteiger partial charge in [-0.25, -0.2) is 8.78 Å². The SMILES string of the molecule is Oc1cc(-c2ccc(F)cc2F)ccc1OC(F)(F)F. The molecule has 0 amide bonds. The second kappa shape index (κ2) is 4.99. The summed E-state index contributed by atoms with van der Waals surface area (Å²) in [5.74, 6) is -3.28. The van der Waals surface area contributed by atoms with Crippen LogP contribution in [0.15, 0.2) is 36.4 Å². The molecular formula is C13H7F5O2. The summed E-state index contributed by atoms with van der Waals surface area (Å²) in [6.45, 7) is 0. The summed E-state index contributed by atoms with van der Waals surface area (Å²) in [5, 5.41) is 9.44. The molecule has 0 aromatic heterocycles. The molecule has 0 spiro atoms. The molecule has 0 atom stereocenters. The molecule has 2 aromatic carbocycles. The lowest BCUT2D eigenvalue weighted by atomic mass is 10.0. The number of phenols is 1. The molecule has 2 nitrogen and oxygen atoms in total. The minimum Gasteiger partial charge on any atom is -0.504 e. The number of halogens is 5. The first-order valence-electron chi connectivity index (χ1n) is 5.30. The second-order valence-electron chi connectivity index (χ2n) is 3.85. The molecule has 7 heteroatoms. The first kappa shape index (κ1) is 14.1. The Morgan fingerprint density at radius 1 is 0.950 bits per heavy atom. The molecule has 0 fully saturated rings. The second-order valence-corrected chi connectivity index (χ2v) is 3.85. The Hall–Kier alpha value is -2.31. The van der Waals surface area contributed by atoms with E-state index in [0.717, 1.165) is 30.3 Å². The molecule has 106 valence electrons. The van der Waals surface area contributed by atoms with Gasteiger partial charge >= 0.3 is 6.36 Å². The van der Waals surface area contributed by atoms with Crippen LogP contribution < -0.4 is 4.74 Å². The minimum atomic E-state index is -4.94. The topological polar surface area (TPSA) is 29.5 Å². The van der Waals surface area contributed by atoms with Crippen molar-refractivity contribution in [2.45, 2.75) is 6.36 Å². The molecule has 2 aromatic rings. The van der Waals surface area contributed by atoms with Crippen LogP contribution in [0.1, 0.15) is 0 Å². The van der Waals surface area contributed by atoms with E-state index in [0.29, 0.717) is 6.07 Å².